The average molecular weight is 384 g/mol. The summed E-state index contributed by atoms with van der Waals surface area (Å²) in [6, 6.07) is 3.81. The van der Waals surface area contributed by atoms with Gasteiger partial charge in [0.2, 0.25) is 0 Å². The van der Waals surface area contributed by atoms with Crippen LogP contribution in [0, 0.1) is 0 Å². The molecule has 0 aliphatic carbocycles. The van der Waals surface area contributed by atoms with Crippen molar-refractivity contribution in [2.24, 2.45) is 0 Å². The highest BCUT2D eigenvalue weighted by molar-refractivity contribution is 5.90. The Labute approximate surface area is 156 Å². The van der Waals surface area contributed by atoms with Gasteiger partial charge in [-0.3, -0.25) is 4.79 Å². The highest BCUT2D eigenvalue weighted by Crippen LogP contribution is 2.35. The van der Waals surface area contributed by atoms with Crippen LogP contribution in [-0.4, -0.2) is 41.9 Å². The maximum absolute atomic E-state index is 13.4. The van der Waals surface area contributed by atoms with E-state index in [1.54, 1.807) is 23.5 Å². The Bertz CT molecular complexity index is 1150. The minimum absolute atomic E-state index is 0.0407. The van der Waals surface area contributed by atoms with Crippen LogP contribution in [0.25, 0.3) is 5.52 Å². The molecular weight excluding hydrogens is 370 g/mol. The number of pyridine rings is 1. The summed E-state index contributed by atoms with van der Waals surface area (Å²) in [5.41, 5.74) is 2.13. The molecule has 1 aliphatic heterocycles. The molecule has 10 heteroatoms. The van der Waals surface area contributed by atoms with Crippen molar-refractivity contribution in [3.63, 3.8) is 0 Å². The van der Waals surface area contributed by atoms with Crippen molar-refractivity contribution in [1.29, 1.82) is 0 Å². The standard InChI is InChI=1S/C18H14F2N6O2/c19-16(20)10-2-1-5-26-13(10)8-12(24-26)15-14-11(22-9-23-14)3-6-25(15)18(27)17-21-4-7-28-17/h1-2,4-5,7-9,15-16H,3,6H2,(H,22,23)/t15-/m0/s1. The lowest BCUT2D eigenvalue weighted by molar-refractivity contribution is 0.0646. The summed E-state index contributed by atoms with van der Waals surface area (Å²) >= 11 is 0. The van der Waals surface area contributed by atoms with Gasteiger partial charge in [-0.05, 0) is 18.2 Å². The molecule has 28 heavy (non-hydrogen) atoms. The zero-order chi connectivity index (χ0) is 19.3. The van der Waals surface area contributed by atoms with Gasteiger partial charge in [-0.25, -0.2) is 23.3 Å². The zero-order valence-electron chi connectivity index (χ0n) is 14.4. The van der Waals surface area contributed by atoms with E-state index in [-0.39, 0.29) is 11.5 Å². The van der Waals surface area contributed by atoms with E-state index in [1.807, 2.05) is 0 Å². The summed E-state index contributed by atoms with van der Waals surface area (Å²) in [5.74, 6) is -0.448. The fourth-order valence-electron chi connectivity index (χ4n) is 3.62. The second-order valence-corrected chi connectivity index (χ2v) is 6.42. The van der Waals surface area contributed by atoms with Crippen LogP contribution < -0.4 is 0 Å². The number of aromatic nitrogens is 5. The minimum Gasteiger partial charge on any atom is -0.441 e. The maximum Gasteiger partial charge on any atom is 0.310 e. The molecule has 142 valence electrons. The van der Waals surface area contributed by atoms with E-state index in [0.717, 1.165) is 5.69 Å². The van der Waals surface area contributed by atoms with Crippen LogP contribution in [0.3, 0.4) is 0 Å². The summed E-state index contributed by atoms with van der Waals surface area (Å²) in [6.45, 7) is 0.386. The molecule has 4 aromatic rings. The molecule has 1 amide bonds. The molecule has 5 heterocycles. The zero-order valence-corrected chi connectivity index (χ0v) is 14.4. The van der Waals surface area contributed by atoms with Gasteiger partial charge in [-0.2, -0.15) is 5.10 Å². The van der Waals surface area contributed by atoms with Gasteiger partial charge in [0.1, 0.15) is 12.3 Å². The average Bonchev–Trinajstić information content (AvgIpc) is 3.45. The predicted molar refractivity (Wildman–Crippen MR) is 91.8 cm³/mol. The molecule has 1 N–H and O–H groups in total. The number of rotatable bonds is 3. The van der Waals surface area contributed by atoms with Crippen LogP contribution in [0.2, 0.25) is 0 Å². The van der Waals surface area contributed by atoms with Crippen LogP contribution in [0.4, 0.5) is 8.78 Å². The highest BCUT2D eigenvalue weighted by Gasteiger charge is 2.37. The minimum atomic E-state index is -2.63. The van der Waals surface area contributed by atoms with Crippen LogP contribution >= 0.6 is 0 Å². The normalized spacial score (nSPS) is 16.7. The lowest BCUT2D eigenvalue weighted by Crippen LogP contribution is -2.41. The molecule has 0 unspecified atom stereocenters. The number of nitrogens with one attached hydrogen (secondary N) is 1. The Balaban J connectivity index is 1.65. The number of halogens is 2. The van der Waals surface area contributed by atoms with Crippen molar-refractivity contribution in [3.05, 3.63) is 71.7 Å². The number of carbonyl (C=O) groups excluding carboxylic acids is 1. The summed E-state index contributed by atoms with van der Waals surface area (Å²) in [7, 11) is 0. The van der Waals surface area contributed by atoms with Crippen LogP contribution in [0.5, 0.6) is 0 Å². The molecular formula is C18H14F2N6O2. The number of hydrogen-bond donors (Lipinski definition) is 1. The Hall–Kier alpha value is -3.56. The van der Waals surface area contributed by atoms with Crippen molar-refractivity contribution >= 4 is 11.4 Å². The second-order valence-electron chi connectivity index (χ2n) is 6.42. The first-order valence-corrected chi connectivity index (χ1v) is 8.62. The van der Waals surface area contributed by atoms with E-state index >= 15 is 0 Å². The number of amides is 1. The molecule has 0 radical (unpaired) electrons. The molecule has 0 aromatic carbocycles. The smallest absolute Gasteiger partial charge is 0.310 e. The summed E-state index contributed by atoms with van der Waals surface area (Å²) in [4.78, 5) is 25.9. The fraction of sp³-hybridized carbons (Fsp3) is 0.222. The van der Waals surface area contributed by atoms with E-state index in [2.05, 4.69) is 20.1 Å². The molecule has 0 spiro atoms. The molecule has 8 nitrogen and oxygen atoms in total. The van der Waals surface area contributed by atoms with E-state index in [4.69, 9.17) is 4.42 Å². The lowest BCUT2D eigenvalue weighted by Gasteiger charge is -2.32. The highest BCUT2D eigenvalue weighted by atomic mass is 19.3. The first-order valence-electron chi connectivity index (χ1n) is 8.62. The van der Waals surface area contributed by atoms with Crippen molar-refractivity contribution in [2.75, 3.05) is 6.54 Å². The molecule has 4 aromatic heterocycles. The summed E-state index contributed by atoms with van der Waals surface area (Å²) < 4.78 is 33.3. The van der Waals surface area contributed by atoms with Crippen molar-refractivity contribution < 1.29 is 18.0 Å². The summed E-state index contributed by atoms with van der Waals surface area (Å²) in [5, 5.41) is 4.46. The molecule has 1 aliphatic rings. The van der Waals surface area contributed by atoms with Crippen LogP contribution in [0.1, 0.15) is 45.8 Å². The Morgan fingerprint density at radius 1 is 1.36 bits per heavy atom. The topological polar surface area (TPSA) is 92.3 Å². The molecule has 0 bridgehead atoms. The van der Waals surface area contributed by atoms with Gasteiger partial charge in [0.25, 0.3) is 12.3 Å². The number of nitrogens with zero attached hydrogens (tertiary/aromatic N) is 5. The molecule has 0 fully saturated rings. The van der Waals surface area contributed by atoms with Crippen molar-refractivity contribution in [1.82, 2.24) is 29.5 Å². The predicted octanol–water partition coefficient (Wildman–Crippen LogP) is 2.77. The molecule has 0 saturated carbocycles. The third kappa shape index (κ3) is 2.48. The quantitative estimate of drug-likeness (QED) is 0.586. The van der Waals surface area contributed by atoms with E-state index in [1.165, 1.54) is 29.1 Å². The van der Waals surface area contributed by atoms with Gasteiger partial charge in [-0.1, -0.05) is 0 Å². The molecule has 5 rings (SSSR count). The fourth-order valence-corrected chi connectivity index (χ4v) is 3.62. The van der Waals surface area contributed by atoms with Gasteiger partial charge in [-0.15, -0.1) is 0 Å². The van der Waals surface area contributed by atoms with Gasteiger partial charge in [0.15, 0.2) is 0 Å². The summed E-state index contributed by atoms with van der Waals surface area (Å²) in [6.07, 6.45) is 3.81. The van der Waals surface area contributed by atoms with E-state index in [9.17, 15) is 13.6 Å². The third-order valence-corrected chi connectivity index (χ3v) is 4.87. The monoisotopic (exact) mass is 384 g/mol. The third-order valence-electron chi connectivity index (χ3n) is 4.87. The SMILES string of the molecule is O=C(c1ncco1)N1CCc2[nH]cnc2[C@@H]1c1cc2c(C(F)F)cccn2n1. The first-order chi connectivity index (χ1) is 13.6. The second kappa shape index (κ2) is 6.25. The number of oxazole rings is 1. The van der Waals surface area contributed by atoms with Gasteiger partial charge < -0.3 is 14.3 Å². The Morgan fingerprint density at radius 3 is 3.04 bits per heavy atom. The van der Waals surface area contributed by atoms with Crippen LogP contribution in [0.15, 0.2) is 47.6 Å². The molecule has 1 atom stereocenters. The number of alkyl halides is 2. The number of imidazole rings is 1. The number of carbonyl (C=O) groups is 1. The lowest BCUT2D eigenvalue weighted by atomic mass is 9.99. The van der Waals surface area contributed by atoms with Gasteiger partial charge >= 0.3 is 5.91 Å². The van der Waals surface area contributed by atoms with Crippen molar-refractivity contribution in [2.45, 2.75) is 18.9 Å². The number of H-pyrrole nitrogens is 1. The number of fused-ring (bicyclic) bond motifs is 2. The van der Waals surface area contributed by atoms with E-state index < -0.39 is 18.4 Å². The first kappa shape index (κ1) is 16.6. The Morgan fingerprint density at radius 2 is 2.25 bits per heavy atom. The van der Waals surface area contributed by atoms with Crippen molar-refractivity contribution in [3.8, 4) is 0 Å². The van der Waals surface area contributed by atoms with E-state index in [0.29, 0.717) is 29.9 Å². The largest absolute Gasteiger partial charge is 0.441 e. The number of aromatic amines is 1. The maximum atomic E-state index is 13.4. The van der Waals surface area contributed by atoms with Gasteiger partial charge in [0.05, 0.1) is 29.4 Å². The Kier molecular flexibility index (Phi) is 3.71. The molecule has 0 saturated heterocycles. The number of hydrogen-bond acceptors (Lipinski definition) is 5. The van der Waals surface area contributed by atoms with Crippen LogP contribution in [-0.2, 0) is 6.42 Å². The van der Waals surface area contributed by atoms with Gasteiger partial charge in [0, 0.05) is 30.4 Å².